The van der Waals surface area contributed by atoms with Crippen LogP contribution in [0.1, 0.15) is 316 Å². The van der Waals surface area contributed by atoms with Crippen molar-refractivity contribution in [3.63, 3.8) is 0 Å². The molecule has 0 saturated heterocycles. The number of allylic oxidation sites excluding steroid dienone is 22. The summed E-state index contributed by atoms with van der Waals surface area (Å²) in [6, 6.07) is 0. The Hall–Kier alpha value is -4.45. The third-order valence-corrected chi connectivity index (χ3v) is 14.6. The molecule has 0 N–H and O–H groups in total. The molecule has 0 saturated carbocycles. The van der Waals surface area contributed by atoms with Gasteiger partial charge in [0.05, 0.1) is 0 Å². The van der Waals surface area contributed by atoms with Crippen LogP contribution in [0.25, 0.3) is 0 Å². The quantitative estimate of drug-likeness (QED) is 0.0261. The molecular formula is C77H128O6. The van der Waals surface area contributed by atoms with E-state index in [-0.39, 0.29) is 31.1 Å². The van der Waals surface area contributed by atoms with Gasteiger partial charge in [0.1, 0.15) is 13.2 Å². The first-order valence-corrected chi connectivity index (χ1v) is 34.7. The van der Waals surface area contributed by atoms with Gasteiger partial charge in [-0.05, 0) is 141 Å². The molecule has 472 valence electrons. The van der Waals surface area contributed by atoms with E-state index >= 15 is 0 Å². The summed E-state index contributed by atoms with van der Waals surface area (Å²) in [5.74, 6) is -0.918. The predicted octanol–water partition coefficient (Wildman–Crippen LogP) is 24.1. The zero-order valence-corrected chi connectivity index (χ0v) is 54.2. The average molecular weight is 1150 g/mol. The van der Waals surface area contributed by atoms with Crippen LogP contribution >= 0.6 is 0 Å². The van der Waals surface area contributed by atoms with Gasteiger partial charge in [-0.15, -0.1) is 0 Å². The van der Waals surface area contributed by atoms with E-state index in [0.717, 1.165) is 148 Å². The van der Waals surface area contributed by atoms with Crippen molar-refractivity contribution in [2.75, 3.05) is 13.2 Å². The SMILES string of the molecule is CC/C=C\C/C=C\C/C=C\C/C=C\C/C=C\C/C=C\C/C=C\C/C=C\CCCCCCCCC(=O)OCC(COC(=O)CCCCCCC/C=C\C/C=C\CCCCCC)OC(=O)CCCCCCCCC/C=C\CCCCCCCCC. The molecular weight excluding hydrogens is 1020 g/mol. The molecule has 1 atom stereocenters. The molecule has 0 rings (SSSR count). The van der Waals surface area contributed by atoms with E-state index < -0.39 is 6.10 Å². The molecule has 0 amide bonds. The van der Waals surface area contributed by atoms with Crippen LogP contribution in [-0.4, -0.2) is 37.2 Å². The predicted molar refractivity (Wildman–Crippen MR) is 362 cm³/mol. The van der Waals surface area contributed by atoms with Crippen LogP contribution in [0.4, 0.5) is 0 Å². The van der Waals surface area contributed by atoms with Crippen LogP contribution in [0.15, 0.2) is 134 Å². The molecule has 0 aromatic rings. The molecule has 6 nitrogen and oxygen atoms in total. The van der Waals surface area contributed by atoms with Gasteiger partial charge >= 0.3 is 17.9 Å². The monoisotopic (exact) mass is 1150 g/mol. The number of esters is 3. The van der Waals surface area contributed by atoms with E-state index in [9.17, 15) is 14.4 Å². The Labute approximate surface area is 513 Å². The van der Waals surface area contributed by atoms with Crippen LogP contribution in [-0.2, 0) is 28.6 Å². The molecule has 0 bridgehead atoms. The molecule has 0 aliphatic carbocycles. The Bertz CT molecular complexity index is 1750. The van der Waals surface area contributed by atoms with Gasteiger partial charge < -0.3 is 14.2 Å². The molecule has 0 fully saturated rings. The minimum atomic E-state index is -0.798. The fraction of sp³-hybridized carbons (Fsp3) is 0.675. The van der Waals surface area contributed by atoms with E-state index in [1.54, 1.807) is 0 Å². The van der Waals surface area contributed by atoms with Crippen molar-refractivity contribution < 1.29 is 28.6 Å². The molecule has 6 heteroatoms. The Balaban J connectivity index is 4.39. The third kappa shape index (κ3) is 68.2. The lowest BCUT2D eigenvalue weighted by molar-refractivity contribution is -0.167. The molecule has 0 aliphatic heterocycles. The normalized spacial score (nSPS) is 13.0. The Morgan fingerprint density at radius 2 is 0.470 bits per heavy atom. The van der Waals surface area contributed by atoms with Gasteiger partial charge in [0, 0.05) is 19.3 Å². The molecule has 0 aromatic carbocycles. The highest BCUT2D eigenvalue weighted by Crippen LogP contribution is 2.15. The molecule has 0 radical (unpaired) electrons. The second-order valence-electron chi connectivity index (χ2n) is 22.7. The molecule has 83 heavy (non-hydrogen) atoms. The van der Waals surface area contributed by atoms with Gasteiger partial charge in [0.15, 0.2) is 6.10 Å². The number of unbranched alkanes of at least 4 members (excludes halogenated alkanes) is 29. The van der Waals surface area contributed by atoms with Crippen molar-refractivity contribution in [3.8, 4) is 0 Å². The Kier molecular flexibility index (Phi) is 66.3. The van der Waals surface area contributed by atoms with Crippen LogP contribution in [0.3, 0.4) is 0 Å². The Morgan fingerprint density at radius 1 is 0.253 bits per heavy atom. The fourth-order valence-corrected chi connectivity index (χ4v) is 9.43. The standard InChI is InChI=1S/C77H128O6/c1-4-7-10-13-16-19-22-25-28-31-33-34-35-36-37-38-39-40-41-42-43-44-45-47-49-52-55-58-61-64-67-70-76(79)82-73-74(72-81-75(78)69-66-63-60-57-54-51-48-30-27-24-21-18-15-12-9-6-3)83-77(80)71-68-65-62-59-56-53-50-46-32-29-26-23-20-17-14-11-8-5-2/h7,10,16,19,21,24-25,28-30,32-34,36-37,39-40,42-43,45,47-48,74H,4-6,8-9,11-15,17-18,20,22-23,26-27,31,35,38,41,44,46,49-73H2,1-3H3/b10-7-,19-16-,24-21-,28-25-,32-29-,34-33-,37-36-,40-39-,43-42-,47-45-,48-30-. The van der Waals surface area contributed by atoms with Crippen LogP contribution in [0.2, 0.25) is 0 Å². The summed E-state index contributed by atoms with van der Waals surface area (Å²) < 4.78 is 16.9. The first kappa shape index (κ1) is 78.5. The van der Waals surface area contributed by atoms with Crippen LogP contribution in [0, 0.1) is 0 Å². The van der Waals surface area contributed by atoms with Crippen molar-refractivity contribution >= 4 is 17.9 Å². The largest absolute Gasteiger partial charge is 0.462 e. The van der Waals surface area contributed by atoms with Crippen molar-refractivity contribution in [2.45, 2.75) is 322 Å². The van der Waals surface area contributed by atoms with E-state index in [1.807, 2.05) is 0 Å². The molecule has 0 aromatic heterocycles. The zero-order valence-electron chi connectivity index (χ0n) is 54.2. The third-order valence-electron chi connectivity index (χ3n) is 14.6. The van der Waals surface area contributed by atoms with Crippen LogP contribution in [0.5, 0.6) is 0 Å². The van der Waals surface area contributed by atoms with E-state index in [4.69, 9.17) is 14.2 Å². The lowest BCUT2D eigenvalue weighted by Gasteiger charge is -2.18. The summed E-state index contributed by atoms with van der Waals surface area (Å²) in [5, 5.41) is 0. The highest BCUT2D eigenvalue weighted by Gasteiger charge is 2.19. The number of ether oxygens (including phenoxy) is 3. The van der Waals surface area contributed by atoms with Gasteiger partial charge in [-0.25, -0.2) is 0 Å². The number of rotatable bonds is 62. The molecule has 0 heterocycles. The number of carbonyl (C=O) groups is 3. The topological polar surface area (TPSA) is 78.9 Å². The van der Waals surface area contributed by atoms with Gasteiger partial charge in [-0.3, -0.25) is 14.4 Å². The van der Waals surface area contributed by atoms with Crippen molar-refractivity contribution in [1.82, 2.24) is 0 Å². The highest BCUT2D eigenvalue weighted by molar-refractivity contribution is 5.71. The molecule has 0 spiro atoms. The molecule has 1 unspecified atom stereocenters. The summed E-state index contributed by atoms with van der Waals surface area (Å²) in [4.78, 5) is 38.4. The van der Waals surface area contributed by atoms with E-state index in [1.165, 1.54) is 128 Å². The lowest BCUT2D eigenvalue weighted by Crippen LogP contribution is -2.30. The zero-order chi connectivity index (χ0) is 59.9. The summed E-state index contributed by atoms with van der Waals surface area (Å²) in [6.07, 6.45) is 98.9. The summed E-state index contributed by atoms with van der Waals surface area (Å²) in [6.45, 7) is 6.50. The maximum absolute atomic E-state index is 12.9. The van der Waals surface area contributed by atoms with Gasteiger partial charge in [-0.1, -0.05) is 289 Å². The van der Waals surface area contributed by atoms with Gasteiger partial charge in [-0.2, -0.15) is 0 Å². The van der Waals surface area contributed by atoms with E-state index in [2.05, 4.69) is 154 Å². The smallest absolute Gasteiger partial charge is 0.306 e. The second kappa shape index (κ2) is 70.0. The summed E-state index contributed by atoms with van der Waals surface area (Å²) in [5.41, 5.74) is 0. The van der Waals surface area contributed by atoms with Crippen molar-refractivity contribution in [3.05, 3.63) is 134 Å². The number of carbonyl (C=O) groups excluding carboxylic acids is 3. The number of hydrogen-bond acceptors (Lipinski definition) is 6. The average Bonchev–Trinajstić information content (AvgIpc) is 3.49. The summed E-state index contributed by atoms with van der Waals surface area (Å²) >= 11 is 0. The number of hydrogen-bond donors (Lipinski definition) is 0. The first-order chi connectivity index (χ1) is 41.0. The van der Waals surface area contributed by atoms with Crippen molar-refractivity contribution in [2.24, 2.45) is 0 Å². The second-order valence-corrected chi connectivity index (χ2v) is 22.7. The first-order valence-electron chi connectivity index (χ1n) is 34.7. The van der Waals surface area contributed by atoms with E-state index in [0.29, 0.717) is 19.3 Å². The fourth-order valence-electron chi connectivity index (χ4n) is 9.43. The minimum Gasteiger partial charge on any atom is -0.462 e. The minimum absolute atomic E-state index is 0.0937. The molecule has 0 aliphatic rings. The van der Waals surface area contributed by atoms with Gasteiger partial charge in [0.2, 0.25) is 0 Å². The van der Waals surface area contributed by atoms with Crippen LogP contribution < -0.4 is 0 Å². The summed E-state index contributed by atoms with van der Waals surface area (Å²) in [7, 11) is 0. The highest BCUT2D eigenvalue weighted by atomic mass is 16.6. The van der Waals surface area contributed by atoms with Crippen molar-refractivity contribution in [1.29, 1.82) is 0 Å². The Morgan fingerprint density at radius 3 is 0.759 bits per heavy atom. The maximum atomic E-state index is 12.9. The lowest BCUT2D eigenvalue weighted by atomic mass is 10.1. The maximum Gasteiger partial charge on any atom is 0.306 e. The van der Waals surface area contributed by atoms with Gasteiger partial charge in [0.25, 0.3) is 0 Å².